The molecule has 0 aliphatic heterocycles. The summed E-state index contributed by atoms with van der Waals surface area (Å²) in [7, 11) is 1.50. The van der Waals surface area contributed by atoms with Crippen LogP contribution in [-0.2, 0) is 0 Å². The molecule has 0 fully saturated rings. The van der Waals surface area contributed by atoms with Crippen molar-refractivity contribution in [3.05, 3.63) is 22.2 Å². The van der Waals surface area contributed by atoms with Crippen molar-refractivity contribution in [3.63, 3.8) is 0 Å². The number of benzene rings is 1. The van der Waals surface area contributed by atoms with Gasteiger partial charge in [0.1, 0.15) is 0 Å². The van der Waals surface area contributed by atoms with Crippen LogP contribution in [0.1, 0.15) is 18.0 Å². The zero-order chi connectivity index (χ0) is 11.4. The van der Waals surface area contributed by atoms with Crippen LogP contribution in [0.4, 0.5) is 0 Å². The third kappa shape index (κ3) is 2.84. The summed E-state index contributed by atoms with van der Waals surface area (Å²) in [6, 6.07) is 3.36. The maximum absolute atomic E-state index is 9.60. The van der Waals surface area contributed by atoms with Gasteiger partial charge in [-0.25, -0.2) is 0 Å². The number of phenols is 1. The summed E-state index contributed by atoms with van der Waals surface area (Å²) in [4.78, 5) is 0. The highest BCUT2D eigenvalue weighted by Gasteiger charge is 2.12. The zero-order valence-electron chi connectivity index (χ0n) is 8.53. The predicted octanol–water partition coefficient (Wildman–Crippen LogP) is 1.51. The lowest BCUT2D eigenvalue weighted by Gasteiger charge is -2.14. The Kier molecular flexibility index (Phi) is 4.38. The number of methoxy groups -OCH3 is 1. The van der Waals surface area contributed by atoms with Crippen LogP contribution in [0.25, 0.3) is 0 Å². The largest absolute Gasteiger partial charge is 0.503 e. The van der Waals surface area contributed by atoms with Gasteiger partial charge in [-0.1, -0.05) is 0 Å². The Bertz CT molecular complexity index is 344. The Morgan fingerprint density at radius 1 is 1.53 bits per heavy atom. The molecule has 0 radical (unpaired) electrons. The maximum Gasteiger partial charge on any atom is 0.172 e. The number of hydrogen-bond donors (Lipinski definition) is 3. The van der Waals surface area contributed by atoms with E-state index in [0.29, 0.717) is 23.2 Å². The SMILES string of the molecule is COc1cc([C@@H](N)CCN)cc(Br)c1O. The lowest BCUT2D eigenvalue weighted by atomic mass is 10.0. The standard InChI is InChI=1S/C10H15BrN2O2/c1-15-9-5-6(8(13)2-3-12)4-7(11)10(9)14/h4-5,8,14H,2-3,12-13H2,1H3/t8-/m0/s1. The van der Waals surface area contributed by atoms with E-state index >= 15 is 0 Å². The van der Waals surface area contributed by atoms with Gasteiger partial charge in [0, 0.05) is 6.04 Å². The molecule has 1 aromatic rings. The molecule has 1 atom stereocenters. The molecule has 5 heteroatoms. The molecule has 15 heavy (non-hydrogen) atoms. The number of ether oxygens (including phenoxy) is 1. The highest BCUT2D eigenvalue weighted by Crippen LogP contribution is 2.36. The third-order valence-electron chi connectivity index (χ3n) is 2.18. The van der Waals surface area contributed by atoms with Crippen LogP contribution in [0.2, 0.25) is 0 Å². The van der Waals surface area contributed by atoms with Crippen molar-refractivity contribution in [2.24, 2.45) is 11.5 Å². The van der Waals surface area contributed by atoms with Crippen molar-refractivity contribution < 1.29 is 9.84 Å². The first-order valence-corrected chi connectivity index (χ1v) is 5.41. The van der Waals surface area contributed by atoms with E-state index in [4.69, 9.17) is 16.2 Å². The van der Waals surface area contributed by atoms with Crippen LogP contribution < -0.4 is 16.2 Å². The van der Waals surface area contributed by atoms with Crippen LogP contribution in [0.15, 0.2) is 16.6 Å². The summed E-state index contributed by atoms with van der Waals surface area (Å²) in [5.41, 5.74) is 12.2. The molecule has 5 N–H and O–H groups in total. The van der Waals surface area contributed by atoms with Crippen LogP contribution >= 0.6 is 15.9 Å². The molecule has 0 spiro atoms. The maximum atomic E-state index is 9.60. The van der Waals surface area contributed by atoms with E-state index in [1.807, 2.05) is 0 Å². The first-order chi connectivity index (χ1) is 7.10. The Balaban J connectivity index is 3.05. The van der Waals surface area contributed by atoms with Crippen LogP contribution in [-0.4, -0.2) is 18.8 Å². The average Bonchev–Trinajstić information content (AvgIpc) is 2.22. The summed E-state index contributed by atoms with van der Waals surface area (Å²) in [5.74, 6) is 0.494. The number of aromatic hydroxyl groups is 1. The number of phenolic OH excluding ortho intramolecular Hbond substituents is 1. The summed E-state index contributed by atoms with van der Waals surface area (Å²) in [6.07, 6.45) is 0.695. The first-order valence-electron chi connectivity index (χ1n) is 4.62. The molecule has 0 heterocycles. The van der Waals surface area contributed by atoms with Gasteiger partial charge in [0.25, 0.3) is 0 Å². The van der Waals surface area contributed by atoms with Crippen molar-refractivity contribution in [1.29, 1.82) is 0 Å². The van der Waals surface area contributed by atoms with Gasteiger partial charge in [-0.2, -0.15) is 0 Å². The second-order valence-electron chi connectivity index (χ2n) is 3.24. The topological polar surface area (TPSA) is 81.5 Å². The Morgan fingerprint density at radius 2 is 2.20 bits per heavy atom. The molecule has 1 aromatic carbocycles. The fourth-order valence-corrected chi connectivity index (χ4v) is 1.77. The van der Waals surface area contributed by atoms with Crippen molar-refractivity contribution in [3.8, 4) is 11.5 Å². The highest BCUT2D eigenvalue weighted by molar-refractivity contribution is 9.10. The normalized spacial score (nSPS) is 12.5. The van der Waals surface area contributed by atoms with E-state index in [9.17, 15) is 5.11 Å². The van der Waals surface area contributed by atoms with Crippen LogP contribution in [0.5, 0.6) is 11.5 Å². The Labute approximate surface area is 97.3 Å². The number of nitrogens with two attached hydrogens (primary N) is 2. The number of hydrogen-bond acceptors (Lipinski definition) is 4. The van der Waals surface area contributed by atoms with E-state index in [2.05, 4.69) is 15.9 Å². The summed E-state index contributed by atoms with van der Waals surface area (Å²) in [5, 5.41) is 9.60. The Morgan fingerprint density at radius 3 is 2.73 bits per heavy atom. The fourth-order valence-electron chi connectivity index (χ4n) is 1.31. The van der Waals surface area contributed by atoms with Crippen molar-refractivity contribution >= 4 is 15.9 Å². The molecule has 0 aromatic heterocycles. The molecular formula is C10H15BrN2O2. The quantitative estimate of drug-likeness (QED) is 0.778. The first kappa shape index (κ1) is 12.3. The van der Waals surface area contributed by atoms with Gasteiger partial charge < -0.3 is 21.3 Å². The molecule has 0 aliphatic carbocycles. The minimum atomic E-state index is -0.138. The molecule has 0 unspecified atom stereocenters. The van der Waals surface area contributed by atoms with E-state index in [-0.39, 0.29) is 11.8 Å². The minimum absolute atomic E-state index is 0.0844. The van der Waals surface area contributed by atoms with Gasteiger partial charge in [0.05, 0.1) is 11.6 Å². The Hall–Kier alpha value is -0.780. The van der Waals surface area contributed by atoms with Crippen molar-refractivity contribution in [2.75, 3.05) is 13.7 Å². The highest BCUT2D eigenvalue weighted by atomic mass is 79.9. The molecule has 0 saturated carbocycles. The lowest BCUT2D eigenvalue weighted by Crippen LogP contribution is -2.15. The van der Waals surface area contributed by atoms with Gasteiger partial charge >= 0.3 is 0 Å². The molecule has 0 saturated heterocycles. The van der Waals surface area contributed by atoms with Gasteiger partial charge in [-0.05, 0) is 46.6 Å². The summed E-state index contributed by atoms with van der Waals surface area (Å²) < 4.78 is 5.60. The molecule has 84 valence electrons. The van der Waals surface area contributed by atoms with Crippen molar-refractivity contribution in [1.82, 2.24) is 0 Å². The van der Waals surface area contributed by atoms with E-state index in [0.717, 1.165) is 5.56 Å². The molecule has 4 nitrogen and oxygen atoms in total. The minimum Gasteiger partial charge on any atom is -0.503 e. The number of halogens is 1. The smallest absolute Gasteiger partial charge is 0.172 e. The lowest BCUT2D eigenvalue weighted by molar-refractivity contribution is 0.371. The number of rotatable bonds is 4. The zero-order valence-corrected chi connectivity index (χ0v) is 10.1. The predicted molar refractivity (Wildman–Crippen MR) is 63.0 cm³/mol. The monoisotopic (exact) mass is 274 g/mol. The summed E-state index contributed by atoms with van der Waals surface area (Å²) in [6.45, 7) is 0.530. The third-order valence-corrected chi connectivity index (χ3v) is 2.78. The van der Waals surface area contributed by atoms with Gasteiger partial charge in [0.2, 0.25) is 0 Å². The molecule has 0 amide bonds. The molecule has 0 bridgehead atoms. The second-order valence-corrected chi connectivity index (χ2v) is 4.09. The average molecular weight is 275 g/mol. The van der Waals surface area contributed by atoms with E-state index in [1.165, 1.54) is 7.11 Å². The molecular weight excluding hydrogens is 260 g/mol. The van der Waals surface area contributed by atoms with Crippen molar-refractivity contribution in [2.45, 2.75) is 12.5 Å². The van der Waals surface area contributed by atoms with Gasteiger partial charge in [0.15, 0.2) is 11.5 Å². The van der Waals surface area contributed by atoms with E-state index < -0.39 is 0 Å². The molecule has 0 aliphatic rings. The van der Waals surface area contributed by atoms with Gasteiger partial charge in [-0.3, -0.25) is 0 Å². The fraction of sp³-hybridized carbons (Fsp3) is 0.400. The second kappa shape index (κ2) is 5.34. The molecule has 1 rings (SSSR count). The van der Waals surface area contributed by atoms with E-state index in [1.54, 1.807) is 12.1 Å². The van der Waals surface area contributed by atoms with Crippen LogP contribution in [0.3, 0.4) is 0 Å². The van der Waals surface area contributed by atoms with Crippen LogP contribution in [0, 0.1) is 0 Å². The summed E-state index contributed by atoms with van der Waals surface area (Å²) >= 11 is 3.24. The van der Waals surface area contributed by atoms with Gasteiger partial charge in [-0.15, -0.1) is 0 Å².